The Morgan fingerprint density at radius 3 is 2.67 bits per heavy atom. The van der Waals surface area contributed by atoms with E-state index >= 15 is 0 Å². The summed E-state index contributed by atoms with van der Waals surface area (Å²) in [5.41, 5.74) is -2.03. The Balaban J connectivity index is 1.71. The van der Waals surface area contributed by atoms with Crippen LogP contribution in [0.2, 0.25) is 0 Å². The fourth-order valence-corrected chi connectivity index (χ4v) is 8.40. The van der Waals surface area contributed by atoms with Crippen molar-refractivity contribution in [2.45, 2.75) is 63.9 Å². The molecule has 6 rings (SSSR count). The minimum Gasteiger partial charge on any atom is -0.392 e. The Bertz CT molecular complexity index is 678. The number of aliphatic hydroxyl groups is 3. The molecule has 0 amide bonds. The van der Waals surface area contributed by atoms with Crippen LogP contribution >= 0.6 is 0 Å². The molecule has 2 heterocycles. The number of Topliss-reactive ketones (excluding diaryl/α,β-unsaturated/α-hetero) is 1. The quantitative estimate of drug-likeness (QED) is 0.664. The van der Waals surface area contributed by atoms with Crippen molar-refractivity contribution in [2.24, 2.45) is 39.9 Å². The largest absolute Gasteiger partial charge is 0.392 e. The van der Waals surface area contributed by atoms with Gasteiger partial charge in [0.25, 0.3) is 0 Å². The molecule has 9 atom stereocenters. The second-order valence-electron chi connectivity index (χ2n) is 10.6. The van der Waals surface area contributed by atoms with Gasteiger partial charge in [0, 0.05) is 24.4 Å². The number of hydrogen-bond donors (Lipinski definition) is 3. The van der Waals surface area contributed by atoms with Crippen molar-refractivity contribution in [1.82, 2.24) is 0 Å². The normalized spacial score (nSPS) is 58.1. The van der Waals surface area contributed by atoms with Crippen LogP contribution in [0.5, 0.6) is 0 Å². The highest BCUT2D eigenvalue weighted by Crippen LogP contribution is 2.76. The second kappa shape index (κ2) is 5.33. The molecule has 4 aliphatic carbocycles. The van der Waals surface area contributed by atoms with E-state index in [1.165, 1.54) is 0 Å². The molecule has 0 aromatic heterocycles. The molecule has 0 aromatic carbocycles. The Morgan fingerprint density at radius 1 is 1.22 bits per heavy atom. The third-order valence-electron chi connectivity index (χ3n) is 9.35. The Hall–Kier alpha value is -0.530. The molecule has 0 unspecified atom stereocenters. The number of ketones is 1. The van der Waals surface area contributed by atoms with E-state index in [2.05, 4.69) is 13.8 Å². The van der Waals surface area contributed by atoms with Gasteiger partial charge in [0.2, 0.25) is 5.79 Å². The number of carbonyl (C=O) groups excluding carboxylic acids is 1. The maximum Gasteiger partial charge on any atom is 0.205 e. The molecule has 3 N–H and O–H groups in total. The van der Waals surface area contributed by atoms with E-state index in [1.54, 1.807) is 7.11 Å². The summed E-state index contributed by atoms with van der Waals surface area (Å²) in [6.07, 6.45) is 1.86. The average Bonchev–Trinajstić information content (AvgIpc) is 2.83. The molecule has 4 bridgehead atoms. The highest BCUT2D eigenvalue weighted by molar-refractivity contribution is 5.92. The number of methoxy groups -OCH3 is 1. The van der Waals surface area contributed by atoms with Crippen LogP contribution < -0.4 is 0 Å². The molecule has 6 nitrogen and oxygen atoms in total. The lowest BCUT2D eigenvalue weighted by Crippen LogP contribution is -2.83. The molecule has 6 heteroatoms. The van der Waals surface area contributed by atoms with Crippen LogP contribution in [-0.2, 0) is 14.3 Å². The number of fused-ring (bicyclic) bond motifs is 2. The lowest BCUT2D eigenvalue weighted by molar-refractivity contribution is -0.448. The summed E-state index contributed by atoms with van der Waals surface area (Å²) in [6.45, 7) is 4.78. The molecule has 6 aliphatic rings. The van der Waals surface area contributed by atoms with Crippen molar-refractivity contribution in [3.8, 4) is 0 Å². The lowest BCUT2D eigenvalue weighted by Gasteiger charge is -2.74. The van der Waals surface area contributed by atoms with Crippen molar-refractivity contribution in [2.75, 3.05) is 20.3 Å². The standard InChI is InChI=1S/C21H32O6/c1-18(2)7-6-14(22)19-10-27-21(25,17(24)15(18)19)20-8-11(4-5-13(19)20)12(9-26-3)16(20)23/h11-15,17,22,24-25H,4-10H2,1-3H3/t11-,12-,13+,14+,15-,17+,19-,20+,21-/m1/s1. The van der Waals surface area contributed by atoms with Crippen molar-refractivity contribution in [3.63, 3.8) is 0 Å². The van der Waals surface area contributed by atoms with Gasteiger partial charge >= 0.3 is 0 Å². The minimum absolute atomic E-state index is 0.0218. The molecule has 2 spiro atoms. The van der Waals surface area contributed by atoms with Crippen molar-refractivity contribution < 1.29 is 29.6 Å². The number of rotatable bonds is 2. The van der Waals surface area contributed by atoms with E-state index in [9.17, 15) is 20.1 Å². The monoisotopic (exact) mass is 380 g/mol. The summed E-state index contributed by atoms with van der Waals surface area (Å²) >= 11 is 0. The van der Waals surface area contributed by atoms with E-state index in [4.69, 9.17) is 9.47 Å². The first-order valence-electron chi connectivity index (χ1n) is 10.4. The van der Waals surface area contributed by atoms with Gasteiger partial charge in [-0.3, -0.25) is 4.79 Å². The van der Waals surface area contributed by atoms with Crippen molar-refractivity contribution in [1.29, 1.82) is 0 Å². The number of ether oxygens (including phenoxy) is 2. The SMILES string of the molecule is COC[C@H]1C(=O)[C@]23C[C@H]1CC[C@H]2[C@@]12CO[C@]3(O)[C@@H](O)[C@@H]1C(C)(C)CC[C@@H]2O. The molecule has 2 aliphatic heterocycles. The molecule has 0 radical (unpaired) electrons. The Kier molecular flexibility index (Phi) is 3.65. The van der Waals surface area contributed by atoms with Crippen LogP contribution in [-0.4, -0.2) is 59.4 Å². The summed E-state index contributed by atoms with van der Waals surface area (Å²) in [6, 6.07) is 0. The minimum atomic E-state index is -1.86. The van der Waals surface area contributed by atoms with Crippen LogP contribution in [0.15, 0.2) is 0 Å². The number of aliphatic hydroxyl groups excluding tert-OH is 2. The number of hydrogen-bond acceptors (Lipinski definition) is 6. The van der Waals surface area contributed by atoms with Crippen LogP contribution in [0, 0.1) is 39.9 Å². The molecule has 27 heavy (non-hydrogen) atoms. The van der Waals surface area contributed by atoms with Crippen molar-refractivity contribution >= 4 is 5.78 Å². The fourth-order valence-electron chi connectivity index (χ4n) is 8.40. The van der Waals surface area contributed by atoms with Gasteiger partial charge in [-0.2, -0.15) is 0 Å². The highest BCUT2D eigenvalue weighted by atomic mass is 16.6. The van der Waals surface area contributed by atoms with E-state index in [0.717, 1.165) is 19.3 Å². The zero-order valence-corrected chi connectivity index (χ0v) is 16.5. The zero-order chi connectivity index (χ0) is 19.4. The second-order valence-corrected chi connectivity index (χ2v) is 10.6. The van der Waals surface area contributed by atoms with E-state index in [0.29, 0.717) is 19.4 Å². The van der Waals surface area contributed by atoms with Gasteiger partial charge in [-0.25, -0.2) is 0 Å². The first-order valence-corrected chi connectivity index (χ1v) is 10.4. The summed E-state index contributed by atoms with van der Waals surface area (Å²) in [4.78, 5) is 13.7. The third kappa shape index (κ3) is 1.79. The fraction of sp³-hybridized carbons (Fsp3) is 0.952. The summed E-state index contributed by atoms with van der Waals surface area (Å²) in [5.74, 6) is -2.44. The maximum atomic E-state index is 13.7. The molecular weight excluding hydrogens is 348 g/mol. The number of carbonyl (C=O) groups is 1. The predicted molar refractivity (Wildman–Crippen MR) is 95.5 cm³/mol. The maximum absolute atomic E-state index is 13.7. The first-order chi connectivity index (χ1) is 12.7. The van der Waals surface area contributed by atoms with Gasteiger partial charge in [-0.15, -0.1) is 0 Å². The molecular formula is C21H32O6. The zero-order valence-electron chi connectivity index (χ0n) is 16.5. The molecule has 0 aromatic rings. The van der Waals surface area contributed by atoms with E-state index in [1.807, 2.05) is 0 Å². The predicted octanol–water partition coefficient (Wildman–Crippen LogP) is 1.11. The van der Waals surface area contributed by atoms with Crippen LogP contribution in [0.1, 0.15) is 46.0 Å². The molecule has 2 saturated heterocycles. The topological polar surface area (TPSA) is 96.2 Å². The van der Waals surface area contributed by atoms with Gasteiger partial charge in [-0.05, 0) is 49.4 Å². The van der Waals surface area contributed by atoms with Crippen molar-refractivity contribution in [3.05, 3.63) is 0 Å². The van der Waals surface area contributed by atoms with Crippen LogP contribution in [0.4, 0.5) is 0 Å². The van der Waals surface area contributed by atoms with Gasteiger partial charge in [0.1, 0.15) is 11.9 Å². The average molecular weight is 380 g/mol. The third-order valence-corrected chi connectivity index (χ3v) is 9.35. The summed E-state index contributed by atoms with van der Waals surface area (Å²) in [7, 11) is 1.60. The van der Waals surface area contributed by atoms with Gasteiger partial charge in [0.15, 0.2) is 0 Å². The molecule has 152 valence electrons. The molecule has 4 saturated carbocycles. The molecule has 6 fully saturated rings. The van der Waals surface area contributed by atoms with E-state index < -0.39 is 28.8 Å². The Labute approximate surface area is 160 Å². The summed E-state index contributed by atoms with van der Waals surface area (Å²) in [5, 5.41) is 34.4. The summed E-state index contributed by atoms with van der Waals surface area (Å²) < 4.78 is 11.3. The smallest absolute Gasteiger partial charge is 0.205 e. The van der Waals surface area contributed by atoms with Crippen LogP contribution in [0.25, 0.3) is 0 Å². The van der Waals surface area contributed by atoms with Gasteiger partial charge in [0.05, 0.1) is 24.7 Å². The van der Waals surface area contributed by atoms with E-state index in [-0.39, 0.29) is 41.5 Å². The highest BCUT2D eigenvalue weighted by Gasteiger charge is 2.84. The van der Waals surface area contributed by atoms with Gasteiger partial charge < -0.3 is 24.8 Å². The van der Waals surface area contributed by atoms with Crippen LogP contribution in [0.3, 0.4) is 0 Å². The van der Waals surface area contributed by atoms with Gasteiger partial charge in [-0.1, -0.05) is 13.8 Å². The Morgan fingerprint density at radius 2 is 1.96 bits per heavy atom. The first kappa shape index (κ1) is 18.5. The lowest BCUT2D eigenvalue weighted by atomic mass is 9.36.